The standard InChI is InChI=1S/C9H12N4S/c1-6(2)3-14-9-7-8(11-4-10-7)12-5-13-9/h4-6H,3H2,1-2H3,(H,10,11,12,13). The van der Waals surface area contributed by atoms with Crippen LogP contribution >= 0.6 is 11.8 Å². The fourth-order valence-corrected chi connectivity index (χ4v) is 2.01. The number of nitrogens with one attached hydrogen (secondary N) is 1. The van der Waals surface area contributed by atoms with Crippen LogP contribution in [0.1, 0.15) is 13.8 Å². The van der Waals surface area contributed by atoms with Crippen LogP contribution in [0.15, 0.2) is 17.7 Å². The van der Waals surface area contributed by atoms with Crippen molar-refractivity contribution in [3.8, 4) is 0 Å². The average Bonchev–Trinajstić information content (AvgIpc) is 2.62. The molecular formula is C9H12N4S. The molecule has 0 amide bonds. The molecule has 0 spiro atoms. The van der Waals surface area contributed by atoms with Crippen molar-refractivity contribution in [1.29, 1.82) is 0 Å². The summed E-state index contributed by atoms with van der Waals surface area (Å²) in [7, 11) is 0. The van der Waals surface area contributed by atoms with E-state index >= 15 is 0 Å². The van der Waals surface area contributed by atoms with Gasteiger partial charge in [0.15, 0.2) is 5.65 Å². The quantitative estimate of drug-likeness (QED) is 0.620. The van der Waals surface area contributed by atoms with E-state index in [-0.39, 0.29) is 0 Å². The van der Waals surface area contributed by atoms with Crippen molar-refractivity contribution in [3.05, 3.63) is 12.7 Å². The number of aromatic amines is 1. The van der Waals surface area contributed by atoms with E-state index in [2.05, 4.69) is 33.8 Å². The molecule has 5 heteroatoms. The molecule has 0 aliphatic heterocycles. The number of hydrogen-bond donors (Lipinski definition) is 1. The summed E-state index contributed by atoms with van der Waals surface area (Å²) in [5.41, 5.74) is 1.68. The summed E-state index contributed by atoms with van der Waals surface area (Å²) in [5.74, 6) is 1.72. The summed E-state index contributed by atoms with van der Waals surface area (Å²) in [6, 6.07) is 0. The van der Waals surface area contributed by atoms with Gasteiger partial charge in [0, 0.05) is 5.75 Å². The van der Waals surface area contributed by atoms with Crippen LogP contribution in [0.5, 0.6) is 0 Å². The topological polar surface area (TPSA) is 54.5 Å². The first-order chi connectivity index (χ1) is 6.77. The van der Waals surface area contributed by atoms with E-state index in [0.717, 1.165) is 21.9 Å². The molecular weight excluding hydrogens is 196 g/mol. The first kappa shape index (κ1) is 9.45. The molecule has 0 saturated carbocycles. The summed E-state index contributed by atoms with van der Waals surface area (Å²) in [5, 5.41) is 0.987. The van der Waals surface area contributed by atoms with Crippen LogP contribution in [-0.4, -0.2) is 25.7 Å². The van der Waals surface area contributed by atoms with Gasteiger partial charge in [0.2, 0.25) is 0 Å². The molecule has 0 aromatic carbocycles. The van der Waals surface area contributed by atoms with Crippen molar-refractivity contribution in [2.75, 3.05) is 5.75 Å². The Hall–Kier alpha value is -1.10. The van der Waals surface area contributed by atoms with Gasteiger partial charge in [0.25, 0.3) is 0 Å². The van der Waals surface area contributed by atoms with Crippen molar-refractivity contribution in [1.82, 2.24) is 19.9 Å². The first-order valence-electron chi connectivity index (χ1n) is 4.54. The minimum absolute atomic E-state index is 0.660. The van der Waals surface area contributed by atoms with E-state index in [9.17, 15) is 0 Å². The second-order valence-electron chi connectivity index (χ2n) is 3.48. The predicted octanol–water partition coefficient (Wildman–Crippen LogP) is 2.10. The Kier molecular flexibility index (Phi) is 2.67. The number of thioether (sulfide) groups is 1. The van der Waals surface area contributed by atoms with Crippen LogP contribution in [0, 0.1) is 5.92 Å². The second-order valence-corrected chi connectivity index (χ2v) is 4.49. The van der Waals surface area contributed by atoms with Crippen LogP contribution in [0.25, 0.3) is 11.2 Å². The monoisotopic (exact) mass is 208 g/mol. The predicted molar refractivity (Wildman–Crippen MR) is 57.2 cm³/mol. The molecule has 4 nitrogen and oxygen atoms in total. The summed E-state index contributed by atoms with van der Waals surface area (Å²) in [6.45, 7) is 4.39. The third-order valence-electron chi connectivity index (χ3n) is 1.74. The smallest absolute Gasteiger partial charge is 0.181 e. The molecule has 1 N–H and O–H groups in total. The van der Waals surface area contributed by atoms with Gasteiger partial charge in [0.1, 0.15) is 16.9 Å². The number of nitrogens with zero attached hydrogens (tertiary/aromatic N) is 3. The maximum atomic E-state index is 4.23. The largest absolute Gasteiger partial charge is 0.341 e. The van der Waals surface area contributed by atoms with E-state index in [1.54, 1.807) is 24.4 Å². The molecule has 2 heterocycles. The highest BCUT2D eigenvalue weighted by Crippen LogP contribution is 2.23. The van der Waals surface area contributed by atoms with Crippen LogP contribution in [-0.2, 0) is 0 Å². The number of fused-ring (bicyclic) bond motifs is 1. The van der Waals surface area contributed by atoms with Crippen molar-refractivity contribution < 1.29 is 0 Å². The molecule has 2 aromatic heterocycles. The van der Waals surface area contributed by atoms with Crippen LogP contribution in [0.3, 0.4) is 0 Å². The highest BCUT2D eigenvalue weighted by Gasteiger charge is 2.06. The molecule has 14 heavy (non-hydrogen) atoms. The molecule has 0 unspecified atom stereocenters. The summed E-state index contributed by atoms with van der Waals surface area (Å²) < 4.78 is 0. The van der Waals surface area contributed by atoms with Gasteiger partial charge in [-0.2, -0.15) is 0 Å². The molecule has 0 aliphatic rings. The third kappa shape index (κ3) is 1.87. The molecule has 0 saturated heterocycles. The fourth-order valence-electron chi connectivity index (χ4n) is 1.10. The van der Waals surface area contributed by atoms with Gasteiger partial charge in [0.05, 0.1) is 6.33 Å². The van der Waals surface area contributed by atoms with Gasteiger partial charge in [-0.1, -0.05) is 13.8 Å². The Morgan fingerprint density at radius 3 is 3.00 bits per heavy atom. The second kappa shape index (κ2) is 3.96. The van der Waals surface area contributed by atoms with E-state index in [1.165, 1.54) is 0 Å². The lowest BCUT2D eigenvalue weighted by atomic mass is 10.3. The molecule has 2 aromatic rings. The van der Waals surface area contributed by atoms with Gasteiger partial charge >= 0.3 is 0 Å². The van der Waals surface area contributed by atoms with Crippen LogP contribution < -0.4 is 0 Å². The van der Waals surface area contributed by atoms with Gasteiger partial charge in [-0.25, -0.2) is 15.0 Å². The molecule has 0 atom stereocenters. The summed E-state index contributed by atoms with van der Waals surface area (Å²) in [4.78, 5) is 15.4. The normalized spacial score (nSPS) is 11.4. The molecule has 0 radical (unpaired) electrons. The van der Waals surface area contributed by atoms with E-state index in [0.29, 0.717) is 5.92 Å². The van der Waals surface area contributed by atoms with Gasteiger partial charge in [-0.3, -0.25) is 0 Å². The number of imidazole rings is 1. The number of H-pyrrole nitrogens is 1. The lowest BCUT2D eigenvalue weighted by Gasteiger charge is -2.03. The highest BCUT2D eigenvalue weighted by molar-refractivity contribution is 7.99. The SMILES string of the molecule is CC(C)CSc1ncnc2nc[nH]c12. The Morgan fingerprint density at radius 2 is 2.21 bits per heavy atom. The molecule has 0 fully saturated rings. The third-order valence-corrected chi connectivity index (χ3v) is 3.16. The van der Waals surface area contributed by atoms with Crippen molar-refractivity contribution in [3.63, 3.8) is 0 Å². The van der Waals surface area contributed by atoms with Crippen LogP contribution in [0.4, 0.5) is 0 Å². The zero-order valence-electron chi connectivity index (χ0n) is 8.19. The van der Waals surface area contributed by atoms with E-state index in [4.69, 9.17) is 0 Å². The van der Waals surface area contributed by atoms with Crippen molar-refractivity contribution in [2.24, 2.45) is 5.92 Å². The Labute approximate surface area is 86.6 Å². The number of rotatable bonds is 3. The van der Waals surface area contributed by atoms with E-state index < -0.39 is 0 Å². The minimum atomic E-state index is 0.660. The molecule has 0 aliphatic carbocycles. The fraction of sp³-hybridized carbons (Fsp3) is 0.444. The number of hydrogen-bond acceptors (Lipinski definition) is 4. The Morgan fingerprint density at radius 1 is 1.36 bits per heavy atom. The highest BCUT2D eigenvalue weighted by atomic mass is 32.2. The molecule has 0 bridgehead atoms. The van der Waals surface area contributed by atoms with Crippen LogP contribution in [0.2, 0.25) is 0 Å². The Balaban J connectivity index is 2.27. The van der Waals surface area contributed by atoms with Gasteiger partial charge in [-0.15, -0.1) is 11.8 Å². The minimum Gasteiger partial charge on any atom is -0.341 e. The summed E-state index contributed by atoms with van der Waals surface area (Å²) in [6.07, 6.45) is 3.21. The van der Waals surface area contributed by atoms with E-state index in [1.807, 2.05) is 0 Å². The van der Waals surface area contributed by atoms with Gasteiger partial charge in [-0.05, 0) is 5.92 Å². The van der Waals surface area contributed by atoms with Crippen molar-refractivity contribution in [2.45, 2.75) is 18.9 Å². The molecule has 2 rings (SSSR count). The van der Waals surface area contributed by atoms with Gasteiger partial charge < -0.3 is 4.98 Å². The zero-order valence-corrected chi connectivity index (χ0v) is 9.01. The first-order valence-corrected chi connectivity index (χ1v) is 5.53. The lowest BCUT2D eigenvalue weighted by molar-refractivity contribution is 0.749. The maximum Gasteiger partial charge on any atom is 0.181 e. The zero-order chi connectivity index (χ0) is 9.97. The maximum absolute atomic E-state index is 4.23. The average molecular weight is 208 g/mol. The Bertz CT molecular complexity index is 423. The van der Waals surface area contributed by atoms with Crippen molar-refractivity contribution >= 4 is 22.9 Å². The lowest BCUT2D eigenvalue weighted by Crippen LogP contribution is -1.93. The summed E-state index contributed by atoms with van der Waals surface area (Å²) >= 11 is 1.74. The molecule has 74 valence electrons. The number of aromatic nitrogens is 4.